The van der Waals surface area contributed by atoms with Gasteiger partial charge in [0.15, 0.2) is 0 Å². The molecule has 24 heavy (non-hydrogen) atoms. The predicted molar refractivity (Wildman–Crippen MR) is 91.1 cm³/mol. The van der Waals surface area contributed by atoms with Gasteiger partial charge in [0.25, 0.3) is 0 Å². The summed E-state index contributed by atoms with van der Waals surface area (Å²) in [6.07, 6.45) is 1.78. The molecule has 0 unspecified atom stereocenters. The molecule has 0 atom stereocenters. The monoisotopic (exact) mass is 328 g/mol. The molecule has 3 rings (SSSR count). The van der Waals surface area contributed by atoms with E-state index in [9.17, 15) is 9.18 Å². The highest BCUT2D eigenvalue weighted by atomic mass is 19.1. The number of nitrogens with one attached hydrogen (secondary N) is 1. The van der Waals surface area contributed by atoms with Crippen LogP contribution in [0.1, 0.15) is 5.56 Å². The van der Waals surface area contributed by atoms with Crippen LogP contribution in [0, 0.1) is 5.82 Å². The summed E-state index contributed by atoms with van der Waals surface area (Å²) < 4.78 is 12.8. The van der Waals surface area contributed by atoms with Crippen LogP contribution in [0.5, 0.6) is 0 Å². The Morgan fingerprint density at radius 3 is 2.50 bits per heavy atom. The Morgan fingerprint density at radius 2 is 1.83 bits per heavy atom. The first-order valence-electron chi connectivity index (χ1n) is 8.11. The summed E-state index contributed by atoms with van der Waals surface area (Å²) in [7, 11) is 0. The third-order valence-electron chi connectivity index (χ3n) is 4.12. The maximum absolute atomic E-state index is 12.8. The van der Waals surface area contributed by atoms with Gasteiger partial charge in [-0.1, -0.05) is 18.2 Å². The molecule has 2 heterocycles. The molecular weight excluding hydrogens is 307 g/mol. The Labute approximate surface area is 141 Å². The molecule has 0 spiro atoms. The number of rotatable bonds is 5. The Kier molecular flexibility index (Phi) is 5.38. The number of pyridine rings is 1. The minimum atomic E-state index is -0.249. The summed E-state index contributed by atoms with van der Waals surface area (Å²) >= 11 is 0. The van der Waals surface area contributed by atoms with Crippen LogP contribution in [-0.4, -0.2) is 48.5 Å². The van der Waals surface area contributed by atoms with Crippen molar-refractivity contribution in [1.82, 2.24) is 15.2 Å². The Balaban J connectivity index is 1.41. The number of benzene rings is 1. The SMILES string of the molecule is O=C(CNCc1ccc(F)cc1)N1CCN(c2ccccn2)CC1. The molecule has 1 fully saturated rings. The van der Waals surface area contributed by atoms with E-state index in [-0.39, 0.29) is 11.7 Å². The molecule has 1 N–H and O–H groups in total. The second-order valence-electron chi connectivity index (χ2n) is 5.79. The van der Waals surface area contributed by atoms with E-state index in [0.29, 0.717) is 26.2 Å². The van der Waals surface area contributed by atoms with E-state index in [4.69, 9.17) is 0 Å². The van der Waals surface area contributed by atoms with Gasteiger partial charge >= 0.3 is 0 Å². The van der Waals surface area contributed by atoms with Crippen molar-refractivity contribution in [3.8, 4) is 0 Å². The molecule has 6 heteroatoms. The molecule has 2 aromatic rings. The topological polar surface area (TPSA) is 48.5 Å². The van der Waals surface area contributed by atoms with Crippen molar-refractivity contribution in [3.63, 3.8) is 0 Å². The van der Waals surface area contributed by atoms with E-state index in [1.165, 1.54) is 12.1 Å². The van der Waals surface area contributed by atoms with Crippen molar-refractivity contribution >= 4 is 11.7 Å². The molecule has 0 saturated carbocycles. The summed E-state index contributed by atoms with van der Waals surface area (Å²) in [6.45, 7) is 3.84. The third kappa shape index (κ3) is 4.29. The zero-order valence-electron chi connectivity index (χ0n) is 13.5. The Bertz CT molecular complexity index is 654. The molecule has 0 radical (unpaired) electrons. The molecule has 0 bridgehead atoms. The summed E-state index contributed by atoms with van der Waals surface area (Å²) in [5, 5.41) is 3.12. The minimum absolute atomic E-state index is 0.0952. The van der Waals surface area contributed by atoms with E-state index in [2.05, 4.69) is 15.2 Å². The fraction of sp³-hybridized carbons (Fsp3) is 0.333. The average Bonchev–Trinajstić information content (AvgIpc) is 2.64. The zero-order valence-corrected chi connectivity index (χ0v) is 13.5. The molecule has 1 aliphatic rings. The van der Waals surface area contributed by atoms with Crippen LogP contribution in [-0.2, 0) is 11.3 Å². The van der Waals surface area contributed by atoms with Gasteiger partial charge in [-0.15, -0.1) is 0 Å². The predicted octanol–water partition coefficient (Wildman–Crippen LogP) is 1.66. The van der Waals surface area contributed by atoms with E-state index < -0.39 is 0 Å². The van der Waals surface area contributed by atoms with Gasteiger partial charge < -0.3 is 15.1 Å². The lowest BCUT2D eigenvalue weighted by molar-refractivity contribution is -0.130. The molecule has 126 valence electrons. The van der Waals surface area contributed by atoms with E-state index in [0.717, 1.165) is 24.5 Å². The largest absolute Gasteiger partial charge is 0.353 e. The highest BCUT2D eigenvalue weighted by Gasteiger charge is 2.21. The highest BCUT2D eigenvalue weighted by molar-refractivity contribution is 5.78. The number of hydrogen-bond donors (Lipinski definition) is 1. The lowest BCUT2D eigenvalue weighted by Crippen LogP contribution is -2.51. The van der Waals surface area contributed by atoms with Gasteiger partial charge in [-0.25, -0.2) is 9.37 Å². The molecule has 1 aromatic heterocycles. The lowest BCUT2D eigenvalue weighted by Gasteiger charge is -2.35. The number of hydrogen-bond acceptors (Lipinski definition) is 4. The second kappa shape index (κ2) is 7.88. The van der Waals surface area contributed by atoms with Gasteiger partial charge in [-0.3, -0.25) is 4.79 Å². The van der Waals surface area contributed by atoms with Crippen LogP contribution in [0.25, 0.3) is 0 Å². The number of piperazine rings is 1. The minimum Gasteiger partial charge on any atom is -0.353 e. The number of carbonyl (C=O) groups is 1. The number of aromatic nitrogens is 1. The van der Waals surface area contributed by atoms with Crippen molar-refractivity contribution in [1.29, 1.82) is 0 Å². The van der Waals surface area contributed by atoms with Crippen LogP contribution in [0.4, 0.5) is 10.2 Å². The fourth-order valence-electron chi connectivity index (χ4n) is 2.75. The molecule has 5 nitrogen and oxygen atoms in total. The first kappa shape index (κ1) is 16.4. The summed E-state index contributed by atoms with van der Waals surface area (Å²) in [6, 6.07) is 12.2. The summed E-state index contributed by atoms with van der Waals surface area (Å²) in [4.78, 5) is 20.7. The van der Waals surface area contributed by atoms with Gasteiger partial charge in [0.05, 0.1) is 6.54 Å². The molecule has 0 aliphatic carbocycles. The molecule has 1 saturated heterocycles. The van der Waals surface area contributed by atoms with Crippen LogP contribution < -0.4 is 10.2 Å². The van der Waals surface area contributed by atoms with E-state index in [1.54, 1.807) is 18.3 Å². The maximum Gasteiger partial charge on any atom is 0.236 e. The van der Waals surface area contributed by atoms with Crippen molar-refractivity contribution in [3.05, 3.63) is 60.0 Å². The van der Waals surface area contributed by atoms with Gasteiger partial charge in [0, 0.05) is 38.9 Å². The van der Waals surface area contributed by atoms with Crippen LogP contribution in [0.2, 0.25) is 0 Å². The maximum atomic E-state index is 12.8. The van der Waals surface area contributed by atoms with Crippen LogP contribution in [0.3, 0.4) is 0 Å². The third-order valence-corrected chi connectivity index (χ3v) is 4.12. The van der Waals surface area contributed by atoms with Crippen LogP contribution >= 0.6 is 0 Å². The van der Waals surface area contributed by atoms with E-state index >= 15 is 0 Å². The second-order valence-corrected chi connectivity index (χ2v) is 5.79. The quantitative estimate of drug-likeness (QED) is 0.907. The lowest BCUT2D eigenvalue weighted by atomic mass is 10.2. The highest BCUT2D eigenvalue weighted by Crippen LogP contribution is 2.12. The number of amides is 1. The molecule has 1 aromatic carbocycles. The molecular formula is C18H21FN4O. The first-order valence-corrected chi connectivity index (χ1v) is 8.11. The average molecular weight is 328 g/mol. The van der Waals surface area contributed by atoms with Gasteiger partial charge in [0.1, 0.15) is 11.6 Å². The first-order chi connectivity index (χ1) is 11.7. The van der Waals surface area contributed by atoms with Crippen LogP contribution in [0.15, 0.2) is 48.7 Å². The number of nitrogens with zero attached hydrogens (tertiary/aromatic N) is 3. The standard InChI is InChI=1S/C18H21FN4O/c19-16-6-4-15(5-7-16)13-20-14-18(24)23-11-9-22(10-12-23)17-3-1-2-8-21-17/h1-8,20H,9-14H2. The normalized spacial score (nSPS) is 14.7. The summed E-state index contributed by atoms with van der Waals surface area (Å²) in [5.41, 5.74) is 0.962. The number of halogens is 1. The molecule has 1 aliphatic heterocycles. The molecule has 1 amide bonds. The van der Waals surface area contributed by atoms with Gasteiger partial charge in [-0.05, 0) is 29.8 Å². The Hall–Kier alpha value is -2.47. The fourth-order valence-corrected chi connectivity index (χ4v) is 2.75. The van der Waals surface area contributed by atoms with Crippen molar-refractivity contribution in [2.24, 2.45) is 0 Å². The Morgan fingerprint density at radius 1 is 1.08 bits per heavy atom. The zero-order chi connectivity index (χ0) is 16.8. The smallest absolute Gasteiger partial charge is 0.236 e. The van der Waals surface area contributed by atoms with Gasteiger partial charge in [-0.2, -0.15) is 0 Å². The summed E-state index contributed by atoms with van der Waals surface area (Å²) in [5.74, 6) is 0.803. The number of carbonyl (C=O) groups excluding carboxylic acids is 1. The van der Waals surface area contributed by atoms with Crippen molar-refractivity contribution in [2.75, 3.05) is 37.6 Å². The van der Waals surface area contributed by atoms with Crippen molar-refractivity contribution < 1.29 is 9.18 Å². The van der Waals surface area contributed by atoms with Crippen molar-refractivity contribution in [2.45, 2.75) is 6.54 Å². The van der Waals surface area contributed by atoms with E-state index in [1.807, 2.05) is 23.1 Å². The van der Waals surface area contributed by atoms with Gasteiger partial charge in [0.2, 0.25) is 5.91 Å². The number of anilines is 1.